The lowest BCUT2D eigenvalue weighted by molar-refractivity contribution is -0.119. The molecule has 4 aliphatic rings. The van der Waals surface area contributed by atoms with Gasteiger partial charge >= 0.3 is 0 Å². The topological polar surface area (TPSA) is 62.0 Å². The number of amides is 1. The predicted octanol–water partition coefficient (Wildman–Crippen LogP) is 1.15. The van der Waals surface area contributed by atoms with Crippen LogP contribution in [0.4, 0.5) is 5.69 Å². The first-order chi connectivity index (χ1) is 13.2. The van der Waals surface area contributed by atoms with Crippen LogP contribution < -0.4 is 10.6 Å². The molecule has 2 atom stereocenters. The monoisotopic (exact) mass is 370 g/mol. The van der Waals surface area contributed by atoms with Gasteiger partial charge in [-0.15, -0.1) is 0 Å². The van der Waals surface area contributed by atoms with Crippen molar-refractivity contribution in [3.8, 4) is 0 Å². The maximum atomic E-state index is 12.8. The van der Waals surface area contributed by atoms with Gasteiger partial charge in [-0.1, -0.05) is 12.1 Å². The second-order valence-corrected chi connectivity index (χ2v) is 8.65. The van der Waals surface area contributed by atoms with Gasteiger partial charge in [0.25, 0.3) is 0 Å². The molecular weight excluding hydrogens is 340 g/mol. The summed E-state index contributed by atoms with van der Waals surface area (Å²) in [7, 11) is 0. The zero-order chi connectivity index (χ0) is 18.4. The van der Waals surface area contributed by atoms with E-state index in [4.69, 9.17) is 10.5 Å². The number of morpholine rings is 1. The largest absolute Gasteiger partial charge is 0.379 e. The molecule has 1 amide bonds. The third-order valence-corrected chi connectivity index (χ3v) is 7.05. The average Bonchev–Trinajstić information content (AvgIpc) is 3.31. The van der Waals surface area contributed by atoms with Gasteiger partial charge in [0, 0.05) is 31.4 Å². The molecule has 3 aliphatic heterocycles. The smallest absolute Gasteiger partial charge is 0.247 e. The maximum Gasteiger partial charge on any atom is 0.247 e. The number of benzene rings is 1. The fraction of sp³-hybridized carbons (Fsp3) is 0.667. The van der Waals surface area contributed by atoms with E-state index in [1.807, 2.05) is 4.90 Å². The summed E-state index contributed by atoms with van der Waals surface area (Å²) < 4.78 is 5.45. The molecule has 0 radical (unpaired) electrons. The third kappa shape index (κ3) is 3.18. The lowest BCUT2D eigenvalue weighted by Gasteiger charge is -2.28. The standard InChI is InChI=1S/C21H30N4O2/c22-18-5-9-24-15-25(20(26)19(18)24)17-3-1-16(2-4-17)21(6-7-21)8-10-23-11-13-27-14-12-23/h1-4,18-19H,5-15,22H2/t18-,19+/m1/s1. The number of ether oxygens (including phenoxy) is 1. The fourth-order valence-electron chi connectivity index (χ4n) is 5.03. The van der Waals surface area contributed by atoms with Crippen LogP contribution in [0.3, 0.4) is 0 Å². The summed E-state index contributed by atoms with van der Waals surface area (Å²) in [6, 6.07) is 8.63. The number of nitrogens with two attached hydrogens (primary N) is 1. The van der Waals surface area contributed by atoms with Crippen LogP contribution in [0.1, 0.15) is 31.2 Å². The molecule has 1 aromatic carbocycles. The van der Waals surface area contributed by atoms with Crippen LogP contribution in [0, 0.1) is 0 Å². The Balaban J connectivity index is 1.25. The molecular formula is C21H30N4O2. The van der Waals surface area contributed by atoms with Gasteiger partial charge in [0.1, 0.15) is 6.04 Å². The molecule has 0 aromatic heterocycles. The van der Waals surface area contributed by atoms with Gasteiger partial charge in [-0.2, -0.15) is 0 Å². The minimum atomic E-state index is -0.118. The summed E-state index contributed by atoms with van der Waals surface area (Å²) in [6.45, 7) is 6.62. The van der Waals surface area contributed by atoms with Crippen molar-refractivity contribution in [3.05, 3.63) is 29.8 Å². The number of rotatable bonds is 5. The van der Waals surface area contributed by atoms with Crippen LogP contribution >= 0.6 is 0 Å². The fourth-order valence-corrected chi connectivity index (χ4v) is 5.03. The number of carbonyl (C=O) groups is 1. The van der Waals surface area contributed by atoms with E-state index in [0.717, 1.165) is 51.5 Å². The average molecular weight is 370 g/mol. The quantitative estimate of drug-likeness (QED) is 0.842. The van der Waals surface area contributed by atoms with Gasteiger partial charge in [0.2, 0.25) is 5.91 Å². The summed E-state index contributed by atoms with van der Waals surface area (Å²) in [5.41, 5.74) is 8.93. The van der Waals surface area contributed by atoms with Crippen molar-refractivity contribution in [1.29, 1.82) is 0 Å². The van der Waals surface area contributed by atoms with Crippen LogP contribution in [0.5, 0.6) is 0 Å². The molecule has 1 aromatic rings. The highest BCUT2D eigenvalue weighted by molar-refractivity contribution is 6.00. The van der Waals surface area contributed by atoms with Crippen molar-refractivity contribution in [2.45, 2.75) is 43.2 Å². The molecule has 3 heterocycles. The number of hydrogen-bond donors (Lipinski definition) is 1. The predicted molar refractivity (Wildman–Crippen MR) is 105 cm³/mol. The Morgan fingerprint density at radius 3 is 2.52 bits per heavy atom. The summed E-state index contributed by atoms with van der Waals surface area (Å²) in [6.07, 6.45) is 4.71. The van der Waals surface area contributed by atoms with E-state index in [1.54, 1.807) is 0 Å². The Bertz CT molecular complexity index is 697. The first-order valence-electron chi connectivity index (χ1n) is 10.4. The van der Waals surface area contributed by atoms with E-state index in [0.29, 0.717) is 12.1 Å². The van der Waals surface area contributed by atoms with Gasteiger partial charge in [0.05, 0.1) is 19.9 Å². The number of carbonyl (C=O) groups excluding carboxylic acids is 1. The number of anilines is 1. The van der Waals surface area contributed by atoms with E-state index in [-0.39, 0.29) is 18.0 Å². The van der Waals surface area contributed by atoms with Crippen molar-refractivity contribution in [2.75, 3.05) is 51.0 Å². The Morgan fingerprint density at radius 2 is 1.85 bits per heavy atom. The normalized spacial score (nSPS) is 30.7. The molecule has 0 spiro atoms. The van der Waals surface area contributed by atoms with Crippen molar-refractivity contribution < 1.29 is 9.53 Å². The molecule has 4 fully saturated rings. The number of nitrogens with zero attached hydrogens (tertiary/aromatic N) is 3. The molecule has 27 heavy (non-hydrogen) atoms. The van der Waals surface area contributed by atoms with Crippen LogP contribution in [0.2, 0.25) is 0 Å². The van der Waals surface area contributed by atoms with Crippen LogP contribution in [-0.4, -0.2) is 73.9 Å². The Kier molecular flexibility index (Phi) is 4.47. The van der Waals surface area contributed by atoms with Gasteiger partial charge in [-0.25, -0.2) is 0 Å². The Labute approximate surface area is 161 Å². The zero-order valence-corrected chi connectivity index (χ0v) is 16.0. The molecule has 2 N–H and O–H groups in total. The van der Waals surface area contributed by atoms with E-state index in [9.17, 15) is 4.79 Å². The molecule has 6 nitrogen and oxygen atoms in total. The molecule has 1 aliphatic carbocycles. The third-order valence-electron chi connectivity index (χ3n) is 7.05. The van der Waals surface area contributed by atoms with E-state index in [2.05, 4.69) is 34.1 Å². The van der Waals surface area contributed by atoms with E-state index >= 15 is 0 Å². The second-order valence-electron chi connectivity index (χ2n) is 8.65. The molecule has 5 rings (SSSR count). The Morgan fingerprint density at radius 1 is 1.11 bits per heavy atom. The number of hydrogen-bond acceptors (Lipinski definition) is 5. The molecule has 6 heteroatoms. The molecule has 0 unspecified atom stereocenters. The lowest BCUT2D eigenvalue weighted by atomic mass is 9.92. The minimum Gasteiger partial charge on any atom is -0.379 e. The minimum absolute atomic E-state index is 0.0170. The second kappa shape index (κ2) is 6.85. The molecule has 3 saturated heterocycles. The van der Waals surface area contributed by atoms with Gasteiger partial charge < -0.3 is 10.5 Å². The summed E-state index contributed by atoms with van der Waals surface area (Å²) >= 11 is 0. The van der Waals surface area contributed by atoms with Gasteiger partial charge in [-0.05, 0) is 55.3 Å². The first kappa shape index (κ1) is 17.6. The van der Waals surface area contributed by atoms with Gasteiger partial charge in [0.15, 0.2) is 0 Å². The first-order valence-corrected chi connectivity index (χ1v) is 10.4. The molecule has 146 valence electrons. The van der Waals surface area contributed by atoms with Gasteiger partial charge in [-0.3, -0.25) is 19.5 Å². The highest BCUT2D eigenvalue weighted by Crippen LogP contribution is 2.51. The Hall–Kier alpha value is -1.47. The summed E-state index contributed by atoms with van der Waals surface area (Å²) in [5, 5.41) is 0. The van der Waals surface area contributed by atoms with Crippen molar-refractivity contribution in [1.82, 2.24) is 9.80 Å². The van der Waals surface area contributed by atoms with E-state index in [1.165, 1.54) is 24.8 Å². The zero-order valence-electron chi connectivity index (χ0n) is 16.0. The maximum absolute atomic E-state index is 12.8. The number of fused-ring (bicyclic) bond motifs is 1. The lowest BCUT2D eigenvalue weighted by Crippen LogP contribution is -2.41. The van der Waals surface area contributed by atoms with Crippen molar-refractivity contribution in [3.63, 3.8) is 0 Å². The molecule has 1 saturated carbocycles. The highest BCUT2D eigenvalue weighted by atomic mass is 16.5. The van der Waals surface area contributed by atoms with Crippen molar-refractivity contribution in [2.24, 2.45) is 5.73 Å². The van der Waals surface area contributed by atoms with Crippen LogP contribution in [-0.2, 0) is 14.9 Å². The van der Waals surface area contributed by atoms with Crippen LogP contribution in [0.15, 0.2) is 24.3 Å². The van der Waals surface area contributed by atoms with E-state index < -0.39 is 0 Å². The summed E-state index contributed by atoms with van der Waals surface area (Å²) in [5.74, 6) is 0.168. The SMILES string of the molecule is N[C@@H]1CCN2CN(c3ccc(C4(CCN5CCOCC5)CC4)cc3)C(=O)[C@H]12. The highest BCUT2D eigenvalue weighted by Gasteiger charge is 2.47. The van der Waals surface area contributed by atoms with Crippen molar-refractivity contribution >= 4 is 11.6 Å². The summed E-state index contributed by atoms with van der Waals surface area (Å²) in [4.78, 5) is 19.4. The van der Waals surface area contributed by atoms with Crippen LogP contribution in [0.25, 0.3) is 0 Å². The molecule has 0 bridgehead atoms.